The molecule has 0 aliphatic carbocycles. The van der Waals surface area contributed by atoms with E-state index in [0.717, 1.165) is 5.56 Å². The summed E-state index contributed by atoms with van der Waals surface area (Å²) in [5.41, 5.74) is 2.54. The van der Waals surface area contributed by atoms with Crippen LogP contribution in [0.3, 0.4) is 0 Å². The monoisotopic (exact) mass is 362 g/mol. The van der Waals surface area contributed by atoms with E-state index in [1.165, 1.54) is 0 Å². The molecular formula is C21H15ClN2O2. The van der Waals surface area contributed by atoms with Crippen molar-refractivity contribution >= 4 is 23.2 Å². The van der Waals surface area contributed by atoms with E-state index >= 15 is 0 Å². The molecule has 0 bridgehead atoms. The Morgan fingerprint density at radius 3 is 2.38 bits per heavy atom. The van der Waals surface area contributed by atoms with Crippen molar-refractivity contribution in [1.82, 2.24) is 0 Å². The quantitative estimate of drug-likeness (QED) is 0.691. The highest BCUT2D eigenvalue weighted by Gasteiger charge is 2.12. The van der Waals surface area contributed by atoms with Gasteiger partial charge in [0.25, 0.3) is 5.91 Å². The summed E-state index contributed by atoms with van der Waals surface area (Å²) in [6.07, 6.45) is 0. The minimum atomic E-state index is -0.276. The van der Waals surface area contributed by atoms with Crippen molar-refractivity contribution in [1.29, 1.82) is 5.26 Å². The average molecular weight is 363 g/mol. The number of benzene rings is 3. The topological polar surface area (TPSA) is 62.1 Å². The molecule has 0 aliphatic rings. The van der Waals surface area contributed by atoms with Crippen molar-refractivity contribution in [2.45, 2.75) is 6.61 Å². The molecule has 128 valence electrons. The molecule has 1 N–H and O–H groups in total. The van der Waals surface area contributed by atoms with E-state index in [-0.39, 0.29) is 5.91 Å². The second-order valence-corrected chi connectivity index (χ2v) is 5.99. The Kier molecular flexibility index (Phi) is 5.52. The Morgan fingerprint density at radius 2 is 1.69 bits per heavy atom. The number of para-hydroxylation sites is 1. The summed E-state index contributed by atoms with van der Waals surface area (Å²) in [4.78, 5) is 12.6. The van der Waals surface area contributed by atoms with Gasteiger partial charge in [0.2, 0.25) is 0 Å². The van der Waals surface area contributed by atoms with Crippen LogP contribution in [0, 0.1) is 11.3 Å². The summed E-state index contributed by atoms with van der Waals surface area (Å²) in [6, 6.07) is 23.1. The third kappa shape index (κ3) is 4.41. The molecule has 0 fully saturated rings. The number of carbonyl (C=O) groups excluding carboxylic acids is 1. The van der Waals surface area contributed by atoms with Crippen molar-refractivity contribution in [3.8, 4) is 11.8 Å². The summed E-state index contributed by atoms with van der Waals surface area (Å²) in [5, 5.41) is 12.3. The van der Waals surface area contributed by atoms with Gasteiger partial charge < -0.3 is 10.1 Å². The van der Waals surface area contributed by atoms with Crippen LogP contribution in [0.15, 0.2) is 72.8 Å². The summed E-state index contributed by atoms with van der Waals surface area (Å²) in [6.45, 7) is 0.332. The highest BCUT2D eigenvalue weighted by Crippen LogP contribution is 2.21. The SMILES string of the molecule is N#Cc1ccc(NC(=O)c2ccccc2OCc2ccc(Cl)cc2)cc1. The molecule has 0 aromatic heterocycles. The van der Waals surface area contributed by atoms with Crippen molar-refractivity contribution in [2.24, 2.45) is 0 Å². The summed E-state index contributed by atoms with van der Waals surface area (Å²) >= 11 is 5.88. The number of nitrogens with one attached hydrogen (secondary N) is 1. The largest absolute Gasteiger partial charge is 0.488 e. The molecular weight excluding hydrogens is 348 g/mol. The Labute approximate surface area is 156 Å². The van der Waals surface area contributed by atoms with Crippen molar-refractivity contribution in [3.05, 3.63) is 94.5 Å². The molecule has 4 nitrogen and oxygen atoms in total. The van der Waals surface area contributed by atoms with E-state index in [1.54, 1.807) is 54.6 Å². The molecule has 5 heteroatoms. The van der Waals surface area contributed by atoms with Gasteiger partial charge in [0.15, 0.2) is 0 Å². The van der Waals surface area contributed by atoms with Gasteiger partial charge in [0.1, 0.15) is 12.4 Å². The fraction of sp³-hybridized carbons (Fsp3) is 0.0476. The molecule has 0 saturated heterocycles. The smallest absolute Gasteiger partial charge is 0.259 e. The minimum absolute atomic E-state index is 0.276. The van der Waals surface area contributed by atoms with Gasteiger partial charge in [0.05, 0.1) is 17.2 Å². The maximum atomic E-state index is 12.6. The zero-order valence-electron chi connectivity index (χ0n) is 13.8. The molecule has 1 amide bonds. The number of rotatable bonds is 5. The zero-order chi connectivity index (χ0) is 18.4. The lowest BCUT2D eigenvalue weighted by Crippen LogP contribution is -2.13. The Morgan fingerprint density at radius 1 is 1.00 bits per heavy atom. The fourth-order valence-corrected chi connectivity index (χ4v) is 2.47. The predicted molar refractivity (Wildman–Crippen MR) is 101 cm³/mol. The van der Waals surface area contributed by atoms with Crippen LogP contribution in [0.2, 0.25) is 5.02 Å². The van der Waals surface area contributed by atoms with Crippen LogP contribution in [0.1, 0.15) is 21.5 Å². The highest BCUT2D eigenvalue weighted by atomic mass is 35.5. The van der Waals surface area contributed by atoms with Crippen LogP contribution < -0.4 is 10.1 Å². The molecule has 0 aliphatic heterocycles. The second-order valence-electron chi connectivity index (χ2n) is 5.55. The van der Waals surface area contributed by atoms with Crippen LogP contribution in [-0.4, -0.2) is 5.91 Å². The van der Waals surface area contributed by atoms with Gasteiger partial charge in [-0.15, -0.1) is 0 Å². The van der Waals surface area contributed by atoms with E-state index < -0.39 is 0 Å². The number of ether oxygens (including phenoxy) is 1. The maximum absolute atomic E-state index is 12.6. The number of halogens is 1. The maximum Gasteiger partial charge on any atom is 0.259 e. The average Bonchev–Trinajstić information content (AvgIpc) is 2.68. The fourth-order valence-electron chi connectivity index (χ4n) is 2.35. The number of nitriles is 1. The first-order chi connectivity index (χ1) is 12.7. The van der Waals surface area contributed by atoms with Gasteiger partial charge in [0, 0.05) is 10.7 Å². The Hall–Kier alpha value is -3.29. The molecule has 3 aromatic rings. The van der Waals surface area contributed by atoms with Crippen molar-refractivity contribution < 1.29 is 9.53 Å². The van der Waals surface area contributed by atoms with Gasteiger partial charge in [-0.25, -0.2) is 0 Å². The Balaban J connectivity index is 1.72. The van der Waals surface area contributed by atoms with E-state index in [1.807, 2.05) is 24.3 Å². The zero-order valence-corrected chi connectivity index (χ0v) is 14.5. The van der Waals surface area contributed by atoms with Crippen LogP contribution in [0.5, 0.6) is 5.75 Å². The summed E-state index contributed by atoms with van der Waals surface area (Å²) < 4.78 is 5.81. The van der Waals surface area contributed by atoms with Crippen LogP contribution >= 0.6 is 11.6 Å². The van der Waals surface area contributed by atoms with Gasteiger partial charge in [-0.1, -0.05) is 35.9 Å². The molecule has 0 atom stereocenters. The lowest BCUT2D eigenvalue weighted by molar-refractivity contribution is 0.102. The number of hydrogen-bond acceptors (Lipinski definition) is 3. The van der Waals surface area contributed by atoms with Crippen molar-refractivity contribution in [2.75, 3.05) is 5.32 Å². The molecule has 26 heavy (non-hydrogen) atoms. The first-order valence-electron chi connectivity index (χ1n) is 7.93. The number of hydrogen-bond donors (Lipinski definition) is 1. The lowest BCUT2D eigenvalue weighted by Gasteiger charge is -2.12. The highest BCUT2D eigenvalue weighted by molar-refractivity contribution is 6.30. The van der Waals surface area contributed by atoms with Crippen molar-refractivity contribution in [3.63, 3.8) is 0 Å². The van der Waals surface area contributed by atoms with Crippen LogP contribution in [0.25, 0.3) is 0 Å². The summed E-state index contributed by atoms with van der Waals surface area (Å²) in [5.74, 6) is 0.218. The Bertz CT molecular complexity index is 945. The minimum Gasteiger partial charge on any atom is -0.488 e. The molecule has 0 unspecified atom stereocenters. The number of amides is 1. The van der Waals surface area contributed by atoms with Crippen LogP contribution in [0.4, 0.5) is 5.69 Å². The standard InChI is InChI=1S/C21H15ClN2O2/c22-17-9-5-16(6-10-17)14-26-20-4-2-1-3-19(20)21(25)24-18-11-7-15(13-23)8-12-18/h1-12H,14H2,(H,24,25). The van der Waals surface area contributed by atoms with Gasteiger partial charge in [-0.3, -0.25) is 4.79 Å². The third-order valence-corrected chi connectivity index (χ3v) is 3.96. The van der Waals surface area contributed by atoms with E-state index in [0.29, 0.717) is 34.2 Å². The number of anilines is 1. The first-order valence-corrected chi connectivity index (χ1v) is 8.31. The molecule has 0 saturated carbocycles. The second kappa shape index (κ2) is 8.19. The van der Waals surface area contributed by atoms with E-state index in [4.69, 9.17) is 21.6 Å². The molecule has 3 rings (SSSR count). The predicted octanol–water partition coefficient (Wildman–Crippen LogP) is 5.04. The van der Waals surface area contributed by atoms with Gasteiger partial charge in [-0.2, -0.15) is 5.26 Å². The molecule has 0 radical (unpaired) electrons. The molecule has 0 heterocycles. The van der Waals surface area contributed by atoms with E-state index in [9.17, 15) is 4.79 Å². The van der Waals surface area contributed by atoms with Crippen LogP contribution in [-0.2, 0) is 6.61 Å². The van der Waals surface area contributed by atoms with Gasteiger partial charge >= 0.3 is 0 Å². The third-order valence-electron chi connectivity index (χ3n) is 3.71. The number of carbonyl (C=O) groups is 1. The van der Waals surface area contributed by atoms with E-state index in [2.05, 4.69) is 5.32 Å². The lowest BCUT2D eigenvalue weighted by atomic mass is 10.1. The molecule has 3 aromatic carbocycles. The summed E-state index contributed by atoms with van der Waals surface area (Å²) in [7, 11) is 0. The number of nitrogens with zero attached hydrogens (tertiary/aromatic N) is 1. The van der Waals surface area contributed by atoms with Gasteiger partial charge in [-0.05, 0) is 54.1 Å². The molecule has 0 spiro atoms. The first kappa shape index (κ1) is 17.5. The normalized spacial score (nSPS) is 10.0.